The Morgan fingerprint density at radius 2 is 2.40 bits per heavy atom. The number of aromatic nitrogens is 1. The molecule has 1 aliphatic heterocycles. The first-order valence-electron chi connectivity index (χ1n) is 6.90. The number of morpholine rings is 1. The maximum Gasteiger partial charge on any atom is 0.272 e. The molecule has 2 atom stereocenters. The van der Waals surface area contributed by atoms with Gasteiger partial charge in [-0.3, -0.25) is 4.79 Å². The number of carbonyl (C=O) groups is 1. The highest BCUT2D eigenvalue weighted by Crippen LogP contribution is 2.15. The van der Waals surface area contributed by atoms with Gasteiger partial charge in [-0.05, 0) is 26.0 Å². The molecule has 1 aromatic rings. The molecule has 6 nitrogen and oxygen atoms in total. The van der Waals surface area contributed by atoms with E-state index in [0.29, 0.717) is 24.7 Å². The molecule has 2 unspecified atom stereocenters. The van der Waals surface area contributed by atoms with Gasteiger partial charge >= 0.3 is 0 Å². The fourth-order valence-corrected chi connectivity index (χ4v) is 2.19. The van der Waals surface area contributed by atoms with Gasteiger partial charge in [-0.1, -0.05) is 6.07 Å². The molecule has 2 heterocycles. The largest absolute Gasteiger partial charge is 0.394 e. The zero-order valence-corrected chi connectivity index (χ0v) is 11.9. The number of amides is 1. The number of aliphatic hydroxyl groups is 1. The molecule has 1 aromatic heterocycles. The molecule has 6 heteroatoms. The monoisotopic (exact) mass is 279 g/mol. The van der Waals surface area contributed by atoms with Crippen molar-refractivity contribution in [2.45, 2.75) is 26.0 Å². The Bertz CT molecular complexity index is 467. The summed E-state index contributed by atoms with van der Waals surface area (Å²) in [7, 11) is 0. The highest BCUT2D eigenvalue weighted by Gasteiger charge is 2.30. The van der Waals surface area contributed by atoms with Gasteiger partial charge in [-0.15, -0.1) is 0 Å². The van der Waals surface area contributed by atoms with E-state index in [2.05, 4.69) is 10.3 Å². The van der Waals surface area contributed by atoms with Crippen molar-refractivity contribution in [2.75, 3.05) is 31.6 Å². The van der Waals surface area contributed by atoms with Gasteiger partial charge in [0.25, 0.3) is 5.91 Å². The molecule has 2 N–H and O–H groups in total. The van der Waals surface area contributed by atoms with Gasteiger partial charge in [0.05, 0.1) is 25.4 Å². The first-order valence-corrected chi connectivity index (χ1v) is 6.90. The quantitative estimate of drug-likeness (QED) is 0.850. The summed E-state index contributed by atoms with van der Waals surface area (Å²) in [6, 6.07) is 5.33. The van der Waals surface area contributed by atoms with E-state index in [9.17, 15) is 9.90 Å². The van der Waals surface area contributed by atoms with Gasteiger partial charge < -0.3 is 20.1 Å². The van der Waals surface area contributed by atoms with Crippen LogP contribution >= 0.6 is 0 Å². The van der Waals surface area contributed by atoms with Crippen molar-refractivity contribution in [3.05, 3.63) is 23.9 Å². The van der Waals surface area contributed by atoms with E-state index >= 15 is 0 Å². The number of pyridine rings is 1. The molecule has 1 fully saturated rings. The Labute approximate surface area is 118 Å². The van der Waals surface area contributed by atoms with Crippen LogP contribution in [-0.2, 0) is 4.74 Å². The molecule has 0 saturated carbocycles. The Balaban J connectivity index is 2.14. The molecule has 0 spiro atoms. The zero-order chi connectivity index (χ0) is 14.5. The third kappa shape index (κ3) is 3.26. The molecule has 1 amide bonds. The van der Waals surface area contributed by atoms with Crippen LogP contribution in [0.1, 0.15) is 24.3 Å². The average Bonchev–Trinajstić information content (AvgIpc) is 2.48. The van der Waals surface area contributed by atoms with Crippen LogP contribution in [-0.4, -0.2) is 59.3 Å². The highest BCUT2D eigenvalue weighted by molar-refractivity contribution is 5.93. The van der Waals surface area contributed by atoms with Gasteiger partial charge in [0.2, 0.25) is 0 Å². The number of nitrogens with zero attached hydrogens (tertiary/aromatic N) is 2. The van der Waals surface area contributed by atoms with E-state index < -0.39 is 0 Å². The fraction of sp³-hybridized carbons (Fsp3) is 0.571. The molecule has 0 bridgehead atoms. The SMILES string of the molecule is CCNc1cccc(C(=O)N2CC(CO)OCC2C)n1. The zero-order valence-electron chi connectivity index (χ0n) is 11.9. The summed E-state index contributed by atoms with van der Waals surface area (Å²) in [6.07, 6.45) is -0.313. The van der Waals surface area contributed by atoms with E-state index in [4.69, 9.17) is 4.74 Å². The molecule has 0 aromatic carbocycles. The van der Waals surface area contributed by atoms with Crippen molar-refractivity contribution in [3.8, 4) is 0 Å². The van der Waals surface area contributed by atoms with Crippen LogP contribution in [0.2, 0.25) is 0 Å². The second-order valence-corrected chi connectivity index (χ2v) is 4.88. The maximum atomic E-state index is 12.5. The molecular formula is C14H21N3O3. The third-order valence-electron chi connectivity index (χ3n) is 3.30. The lowest BCUT2D eigenvalue weighted by Crippen LogP contribution is -2.52. The first kappa shape index (κ1) is 14.7. The van der Waals surface area contributed by atoms with Gasteiger partial charge in [-0.25, -0.2) is 4.98 Å². The summed E-state index contributed by atoms with van der Waals surface area (Å²) in [5.74, 6) is 0.567. The summed E-state index contributed by atoms with van der Waals surface area (Å²) in [6.45, 7) is 5.41. The molecule has 1 aliphatic rings. The fourth-order valence-electron chi connectivity index (χ4n) is 2.19. The minimum atomic E-state index is -0.313. The van der Waals surface area contributed by atoms with Crippen molar-refractivity contribution in [1.29, 1.82) is 0 Å². The van der Waals surface area contributed by atoms with Crippen LogP contribution in [0.4, 0.5) is 5.82 Å². The smallest absolute Gasteiger partial charge is 0.272 e. The summed E-state index contributed by atoms with van der Waals surface area (Å²) >= 11 is 0. The molecule has 0 radical (unpaired) electrons. The minimum Gasteiger partial charge on any atom is -0.394 e. The molecule has 1 saturated heterocycles. The topological polar surface area (TPSA) is 74.7 Å². The van der Waals surface area contributed by atoms with Crippen LogP contribution in [0.3, 0.4) is 0 Å². The Morgan fingerprint density at radius 3 is 3.10 bits per heavy atom. The van der Waals surface area contributed by atoms with E-state index in [1.807, 2.05) is 26.0 Å². The predicted molar refractivity (Wildman–Crippen MR) is 75.7 cm³/mol. The van der Waals surface area contributed by atoms with Gasteiger partial charge in [0.15, 0.2) is 0 Å². The third-order valence-corrected chi connectivity index (χ3v) is 3.30. The average molecular weight is 279 g/mol. The van der Waals surface area contributed by atoms with Crippen molar-refractivity contribution in [3.63, 3.8) is 0 Å². The Morgan fingerprint density at radius 1 is 1.60 bits per heavy atom. The van der Waals surface area contributed by atoms with Crippen LogP contribution in [0.25, 0.3) is 0 Å². The normalized spacial score (nSPS) is 22.6. The highest BCUT2D eigenvalue weighted by atomic mass is 16.5. The first-order chi connectivity index (χ1) is 9.65. The number of aliphatic hydroxyl groups excluding tert-OH is 1. The number of carbonyl (C=O) groups excluding carboxylic acids is 1. The van der Waals surface area contributed by atoms with E-state index in [-0.39, 0.29) is 24.7 Å². The molecule has 110 valence electrons. The van der Waals surface area contributed by atoms with Gasteiger partial charge in [-0.2, -0.15) is 0 Å². The van der Waals surface area contributed by atoms with Crippen molar-refractivity contribution in [2.24, 2.45) is 0 Å². The van der Waals surface area contributed by atoms with Crippen LogP contribution in [0, 0.1) is 0 Å². The second-order valence-electron chi connectivity index (χ2n) is 4.88. The lowest BCUT2D eigenvalue weighted by atomic mass is 10.1. The maximum absolute atomic E-state index is 12.5. The molecule has 20 heavy (non-hydrogen) atoms. The van der Waals surface area contributed by atoms with Crippen LogP contribution in [0.5, 0.6) is 0 Å². The summed E-state index contributed by atoms with van der Waals surface area (Å²) in [4.78, 5) is 18.6. The summed E-state index contributed by atoms with van der Waals surface area (Å²) in [5.41, 5.74) is 0.411. The lowest BCUT2D eigenvalue weighted by molar-refractivity contribution is -0.0668. The molecule has 0 aliphatic carbocycles. The number of hydrogen-bond donors (Lipinski definition) is 2. The molecule has 2 rings (SSSR count). The van der Waals surface area contributed by atoms with Gasteiger partial charge in [0.1, 0.15) is 11.5 Å². The second kappa shape index (κ2) is 6.67. The number of nitrogens with one attached hydrogen (secondary N) is 1. The number of rotatable bonds is 4. The Hall–Kier alpha value is -1.66. The number of anilines is 1. The number of ether oxygens (including phenoxy) is 1. The number of hydrogen-bond acceptors (Lipinski definition) is 5. The standard InChI is InChI=1S/C14H21N3O3/c1-3-15-13-6-4-5-12(16-13)14(19)17-7-11(8-18)20-9-10(17)2/h4-6,10-11,18H,3,7-9H2,1-2H3,(H,15,16). The van der Waals surface area contributed by atoms with Crippen molar-refractivity contribution >= 4 is 11.7 Å². The van der Waals surface area contributed by atoms with Crippen molar-refractivity contribution in [1.82, 2.24) is 9.88 Å². The van der Waals surface area contributed by atoms with E-state index in [1.54, 1.807) is 11.0 Å². The van der Waals surface area contributed by atoms with E-state index in [1.165, 1.54) is 0 Å². The Kier molecular flexibility index (Phi) is 4.92. The summed E-state index contributed by atoms with van der Waals surface area (Å²) in [5, 5.41) is 12.3. The lowest BCUT2D eigenvalue weighted by Gasteiger charge is -2.37. The predicted octanol–water partition coefficient (Wildman–Crippen LogP) is 0.735. The van der Waals surface area contributed by atoms with Crippen molar-refractivity contribution < 1.29 is 14.6 Å². The summed E-state index contributed by atoms with van der Waals surface area (Å²) < 4.78 is 5.44. The van der Waals surface area contributed by atoms with Gasteiger partial charge in [0, 0.05) is 13.1 Å². The minimum absolute atomic E-state index is 0.0186. The van der Waals surface area contributed by atoms with E-state index in [0.717, 1.165) is 6.54 Å². The van der Waals surface area contributed by atoms with Crippen LogP contribution in [0.15, 0.2) is 18.2 Å². The molecular weight excluding hydrogens is 258 g/mol. The van der Waals surface area contributed by atoms with Crippen LogP contribution < -0.4 is 5.32 Å².